The molecule has 1 heterocycles. The van der Waals surface area contributed by atoms with E-state index in [1.54, 1.807) is 24.4 Å². The summed E-state index contributed by atoms with van der Waals surface area (Å²) in [4.78, 5) is 15.9. The minimum absolute atomic E-state index is 0.253. The lowest BCUT2D eigenvalue weighted by Crippen LogP contribution is -2.08. The first-order valence-electron chi connectivity index (χ1n) is 7.47. The molecule has 3 rings (SSSR count). The third kappa shape index (κ3) is 4.31. The summed E-state index contributed by atoms with van der Waals surface area (Å²) >= 11 is 5.86. The highest BCUT2D eigenvalue weighted by atomic mass is 35.5. The molecule has 0 saturated heterocycles. The van der Waals surface area contributed by atoms with Gasteiger partial charge >= 0.3 is 0 Å². The Bertz CT molecular complexity index is 858. The molecule has 24 heavy (non-hydrogen) atoms. The van der Waals surface area contributed by atoms with Crippen molar-refractivity contribution < 1.29 is 4.79 Å². The van der Waals surface area contributed by atoms with Crippen molar-refractivity contribution in [2.45, 2.75) is 0 Å². The minimum atomic E-state index is -0.253. The molecule has 0 unspecified atom stereocenters. The number of carbonyl (C=O) groups excluding carboxylic acids is 1. The van der Waals surface area contributed by atoms with Crippen molar-refractivity contribution in [2.75, 3.05) is 5.32 Å². The predicted octanol–water partition coefficient (Wildman–Crippen LogP) is 5.05. The third-order valence-electron chi connectivity index (χ3n) is 3.42. The topological polar surface area (TPSA) is 42.0 Å². The van der Waals surface area contributed by atoms with Gasteiger partial charge in [-0.25, -0.2) is 4.98 Å². The fraction of sp³-hybridized carbons (Fsp3) is 0. The lowest BCUT2D eigenvalue weighted by Gasteiger charge is -2.02. The minimum Gasteiger partial charge on any atom is -0.307 e. The average molecular weight is 335 g/mol. The number of hydrogen-bond acceptors (Lipinski definition) is 2. The summed E-state index contributed by atoms with van der Waals surface area (Å²) in [6.45, 7) is 0. The molecule has 3 aromatic rings. The van der Waals surface area contributed by atoms with Gasteiger partial charge in [-0.3, -0.25) is 4.79 Å². The first-order chi connectivity index (χ1) is 11.7. The van der Waals surface area contributed by atoms with Crippen molar-refractivity contribution in [2.24, 2.45) is 0 Å². The Labute approximate surface area is 145 Å². The normalized spacial score (nSPS) is 10.7. The molecule has 0 spiro atoms. The molecule has 0 saturated carbocycles. The zero-order chi connectivity index (χ0) is 16.8. The van der Waals surface area contributed by atoms with Crippen LogP contribution < -0.4 is 5.32 Å². The summed E-state index contributed by atoms with van der Waals surface area (Å²) in [6, 6.07) is 21.4. The van der Waals surface area contributed by atoms with Crippen molar-refractivity contribution in [1.29, 1.82) is 0 Å². The van der Waals surface area contributed by atoms with Gasteiger partial charge in [-0.1, -0.05) is 66.2 Å². The third-order valence-corrected chi connectivity index (χ3v) is 3.65. The van der Waals surface area contributed by atoms with Gasteiger partial charge in [-0.05, 0) is 34.9 Å². The molecule has 0 radical (unpaired) electrons. The van der Waals surface area contributed by atoms with Crippen molar-refractivity contribution in [3.63, 3.8) is 0 Å². The number of benzene rings is 2. The molecular formula is C20H15ClN2O. The first-order valence-corrected chi connectivity index (χ1v) is 7.84. The Balaban J connectivity index is 1.65. The van der Waals surface area contributed by atoms with Crippen LogP contribution in [0.4, 0.5) is 5.82 Å². The molecule has 0 atom stereocenters. The van der Waals surface area contributed by atoms with E-state index in [4.69, 9.17) is 11.6 Å². The smallest absolute Gasteiger partial charge is 0.249 e. The van der Waals surface area contributed by atoms with Crippen LogP contribution in [0.3, 0.4) is 0 Å². The van der Waals surface area contributed by atoms with Crippen LogP contribution in [-0.2, 0) is 4.79 Å². The van der Waals surface area contributed by atoms with Crippen LogP contribution in [0, 0.1) is 0 Å². The maximum Gasteiger partial charge on any atom is 0.249 e. The number of anilines is 1. The molecule has 1 aromatic heterocycles. The SMILES string of the molecule is O=C(/C=C/c1ccc(-c2ccccc2)cc1)Nc1cc(Cl)ccn1. The number of nitrogens with one attached hydrogen (secondary N) is 1. The lowest BCUT2D eigenvalue weighted by molar-refractivity contribution is -0.111. The van der Waals surface area contributed by atoms with Crippen molar-refractivity contribution in [3.8, 4) is 11.1 Å². The van der Waals surface area contributed by atoms with E-state index < -0.39 is 0 Å². The predicted molar refractivity (Wildman–Crippen MR) is 98.8 cm³/mol. The van der Waals surface area contributed by atoms with E-state index in [1.165, 1.54) is 6.08 Å². The Hall–Kier alpha value is -2.91. The number of aromatic nitrogens is 1. The zero-order valence-electron chi connectivity index (χ0n) is 12.8. The van der Waals surface area contributed by atoms with Gasteiger partial charge in [0.2, 0.25) is 5.91 Å². The van der Waals surface area contributed by atoms with E-state index in [0.717, 1.165) is 16.7 Å². The van der Waals surface area contributed by atoms with Crippen LogP contribution in [0.25, 0.3) is 17.2 Å². The monoisotopic (exact) mass is 334 g/mol. The van der Waals surface area contributed by atoms with Gasteiger partial charge in [0, 0.05) is 17.3 Å². The molecular weight excluding hydrogens is 320 g/mol. The van der Waals surface area contributed by atoms with Crippen molar-refractivity contribution in [1.82, 2.24) is 4.98 Å². The van der Waals surface area contributed by atoms with Gasteiger partial charge in [0.25, 0.3) is 0 Å². The van der Waals surface area contributed by atoms with Gasteiger partial charge in [-0.2, -0.15) is 0 Å². The molecule has 4 heteroatoms. The second-order valence-corrected chi connectivity index (χ2v) is 5.61. The van der Waals surface area contributed by atoms with Crippen molar-refractivity contribution >= 4 is 29.4 Å². The highest BCUT2D eigenvalue weighted by Crippen LogP contribution is 2.19. The Morgan fingerprint density at radius 2 is 1.67 bits per heavy atom. The van der Waals surface area contributed by atoms with E-state index >= 15 is 0 Å². The van der Waals surface area contributed by atoms with Crippen LogP contribution in [0.2, 0.25) is 5.02 Å². The average Bonchev–Trinajstić information content (AvgIpc) is 2.61. The number of halogens is 1. The molecule has 0 aliphatic rings. The maximum absolute atomic E-state index is 11.9. The molecule has 2 aromatic carbocycles. The Morgan fingerprint density at radius 1 is 0.958 bits per heavy atom. The Morgan fingerprint density at radius 3 is 2.38 bits per heavy atom. The molecule has 1 amide bonds. The van der Waals surface area contributed by atoms with Gasteiger partial charge < -0.3 is 5.32 Å². The summed E-state index contributed by atoms with van der Waals surface area (Å²) in [5, 5.41) is 3.20. The van der Waals surface area contributed by atoms with Crippen LogP contribution >= 0.6 is 11.6 Å². The van der Waals surface area contributed by atoms with Gasteiger partial charge in [0.05, 0.1) is 0 Å². The van der Waals surface area contributed by atoms with E-state index in [1.807, 2.05) is 42.5 Å². The molecule has 118 valence electrons. The quantitative estimate of drug-likeness (QED) is 0.678. The summed E-state index contributed by atoms with van der Waals surface area (Å²) in [5.74, 6) is 0.175. The number of amides is 1. The van der Waals surface area contributed by atoms with Crippen LogP contribution in [0.1, 0.15) is 5.56 Å². The highest BCUT2D eigenvalue weighted by molar-refractivity contribution is 6.30. The fourth-order valence-corrected chi connectivity index (χ4v) is 2.39. The van der Waals surface area contributed by atoms with E-state index in [2.05, 4.69) is 22.4 Å². The molecule has 1 N–H and O–H groups in total. The molecule has 3 nitrogen and oxygen atoms in total. The van der Waals surface area contributed by atoms with Crippen LogP contribution in [0.5, 0.6) is 0 Å². The molecule has 0 bridgehead atoms. The van der Waals surface area contributed by atoms with Crippen LogP contribution in [-0.4, -0.2) is 10.9 Å². The molecule has 0 aliphatic heterocycles. The van der Waals surface area contributed by atoms with Crippen LogP contribution in [0.15, 0.2) is 79.0 Å². The second-order valence-electron chi connectivity index (χ2n) is 5.17. The summed E-state index contributed by atoms with van der Waals surface area (Å²) in [5.41, 5.74) is 3.25. The standard InChI is InChI=1S/C20H15ClN2O/c21-18-12-13-22-19(14-18)23-20(24)11-8-15-6-9-17(10-7-15)16-4-2-1-3-5-16/h1-14H,(H,22,23,24)/b11-8+. The summed E-state index contributed by atoms with van der Waals surface area (Å²) < 4.78 is 0. The van der Waals surface area contributed by atoms with Gasteiger partial charge in [-0.15, -0.1) is 0 Å². The first kappa shape index (κ1) is 16.0. The van der Waals surface area contributed by atoms with E-state index in [9.17, 15) is 4.79 Å². The highest BCUT2D eigenvalue weighted by Gasteiger charge is 2.00. The molecule has 0 fully saturated rings. The number of carbonyl (C=O) groups is 1. The number of hydrogen-bond donors (Lipinski definition) is 1. The fourth-order valence-electron chi connectivity index (χ4n) is 2.23. The number of rotatable bonds is 4. The molecule has 0 aliphatic carbocycles. The Kier molecular flexibility index (Phi) is 5.04. The van der Waals surface area contributed by atoms with E-state index in [-0.39, 0.29) is 5.91 Å². The lowest BCUT2D eigenvalue weighted by atomic mass is 10.0. The summed E-state index contributed by atoms with van der Waals surface area (Å²) in [6.07, 6.45) is 4.78. The van der Waals surface area contributed by atoms with E-state index in [0.29, 0.717) is 10.8 Å². The van der Waals surface area contributed by atoms with Gasteiger partial charge in [0.15, 0.2) is 0 Å². The van der Waals surface area contributed by atoms with Crippen molar-refractivity contribution in [3.05, 3.63) is 89.6 Å². The maximum atomic E-state index is 11.9. The zero-order valence-corrected chi connectivity index (χ0v) is 13.6. The second kappa shape index (κ2) is 7.57. The number of nitrogens with zero attached hydrogens (tertiary/aromatic N) is 1. The van der Waals surface area contributed by atoms with Gasteiger partial charge in [0.1, 0.15) is 5.82 Å². The summed E-state index contributed by atoms with van der Waals surface area (Å²) in [7, 11) is 0. The largest absolute Gasteiger partial charge is 0.307 e. The number of pyridine rings is 1.